The van der Waals surface area contributed by atoms with Crippen molar-refractivity contribution < 1.29 is 4.58 Å². The molecule has 0 aliphatic heterocycles. The van der Waals surface area contributed by atoms with Gasteiger partial charge in [-0.2, -0.15) is 0 Å². The van der Waals surface area contributed by atoms with Crippen molar-refractivity contribution in [3.8, 4) is 0 Å². The first-order valence-electron chi connectivity index (χ1n) is 11.4. The minimum absolute atomic E-state index is 0.448. The fourth-order valence-electron chi connectivity index (χ4n) is 3.88. The summed E-state index contributed by atoms with van der Waals surface area (Å²) in [5.41, 5.74) is 7.86. The van der Waals surface area contributed by atoms with E-state index in [9.17, 15) is 0 Å². The molecule has 30 heavy (non-hydrogen) atoms. The summed E-state index contributed by atoms with van der Waals surface area (Å²) < 4.78 is 2.14. The van der Waals surface area contributed by atoms with E-state index in [1.54, 1.807) is 0 Å². The second kappa shape index (κ2) is 10.1. The molecule has 0 spiro atoms. The Labute approximate surface area is 184 Å². The van der Waals surface area contributed by atoms with Crippen LogP contribution < -0.4 is 10.6 Å². The number of nitrogens with one attached hydrogen (secondary N) is 2. The molecule has 0 heterocycles. The van der Waals surface area contributed by atoms with Crippen LogP contribution in [0.5, 0.6) is 0 Å². The number of anilines is 2. The van der Waals surface area contributed by atoms with Gasteiger partial charge in [-0.05, 0) is 45.9 Å². The number of nitrogens with zero attached hydrogens (tertiary/aromatic N) is 1. The van der Waals surface area contributed by atoms with Crippen LogP contribution in [0.3, 0.4) is 0 Å². The molecule has 3 nitrogen and oxygen atoms in total. The van der Waals surface area contributed by atoms with E-state index in [2.05, 4.69) is 121 Å². The number of rotatable bonds is 6. The maximum Gasteiger partial charge on any atom is 0.355 e. The molecule has 2 N–H and O–H groups in total. The standard InChI is InChI=1S/C27H41N3/c1-17(2)21-13-11-14-22(18(3)4)25(21)28-27(30(9)10)29-26-23(19(5)6)15-12-16-24(26)20(7)8/h11-20H,1-10H3,(H,28,29)/p+1. The summed E-state index contributed by atoms with van der Waals surface area (Å²) in [7, 11) is 4.19. The molecule has 0 bridgehead atoms. The van der Waals surface area contributed by atoms with Crippen LogP contribution in [0.15, 0.2) is 36.4 Å². The van der Waals surface area contributed by atoms with Gasteiger partial charge < -0.3 is 0 Å². The smallest absolute Gasteiger partial charge is 0.270 e. The number of guanidine groups is 1. The van der Waals surface area contributed by atoms with Crippen LogP contribution in [0.25, 0.3) is 0 Å². The molecular weight excluding hydrogens is 366 g/mol. The highest BCUT2D eigenvalue weighted by Crippen LogP contribution is 2.34. The summed E-state index contributed by atoms with van der Waals surface area (Å²) in [5.74, 6) is 2.79. The summed E-state index contributed by atoms with van der Waals surface area (Å²) >= 11 is 0. The van der Waals surface area contributed by atoms with E-state index >= 15 is 0 Å². The van der Waals surface area contributed by atoms with E-state index in [0.29, 0.717) is 23.7 Å². The third-order valence-corrected chi connectivity index (χ3v) is 5.68. The van der Waals surface area contributed by atoms with Crippen LogP contribution in [0.4, 0.5) is 11.4 Å². The average molecular weight is 409 g/mol. The zero-order valence-electron chi connectivity index (χ0n) is 20.7. The monoisotopic (exact) mass is 408 g/mol. The molecule has 0 saturated carbocycles. The van der Waals surface area contributed by atoms with Crippen molar-refractivity contribution in [1.82, 2.24) is 0 Å². The summed E-state index contributed by atoms with van der Waals surface area (Å²) in [6.07, 6.45) is 0. The van der Waals surface area contributed by atoms with E-state index in [0.717, 1.165) is 5.96 Å². The quantitative estimate of drug-likeness (QED) is 0.297. The van der Waals surface area contributed by atoms with Crippen LogP contribution in [-0.2, 0) is 0 Å². The molecule has 0 amide bonds. The van der Waals surface area contributed by atoms with Crippen molar-refractivity contribution in [3.63, 3.8) is 0 Å². The Morgan fingerprint density at radius 1 is 0.567 bits per heavy atom. The molecule has 2 rings (SSSR count). The maximum atomic E-state index is 3.79. The third kappa shape index (κ3) is 5.44. The minimum atomic E-state index is 0.448. The molecule has 2 aromatic rings. The molecule has 0 aliphatic carbocycles. The lowest BCUT2D eigenvalue weighted by atomic mass is 9.92. The third-order valence-electron chi connectivity index (χ3n) is 5.68. The molecule has 3 heteroatoms. The van der Waals surface area contributed by atoms with Crippen molar-refractivity contribution in [2.45, 2.75) is 79.1 Å². The zero-order chi connectivity index (χ0) is 22.6. The van der Waals surface area contributed by atoms with Gasteiger partial charge in [0.2, 0.25) is 0 Å². The Balaban J connectivity index is 2.58. The highest BCUT2D eigenvalue weighted by molar-refractivity contribution is 6.02. The van der Waals surface area contributed by atoms with Crippen LogP contribution in [0, 0.1) is 0 Å². The predicted molar refractivity (Wildman–Crippen MR) is 134 cm³/mol. The Morgan fingerprint density at radius 3 is 1.03 bits per heavy atom. The van der Waals surface area contributed by atoms with E-state index in [1.165, 1.54) is 33.6 Å². The predicted octanol–water partition coefficient (Wildman–Crippen LogP) is 7.33. The van der Waals surface area contributed by atoms with Gasteiger partial charge in [0.25, 0.3) is 0 Å². The number of benzene rings is 2. The van der Waals surface area contributed by atoms with Gasteiger partial charge in [-0.1, -0.05) is 91.8 Å². The number of para-hydroxylation sites is 2. The molecule has 0 saturated heterocycles. The highest BCUT2D eigenvalue weighted by atomic mass is 15.2. The molecule has 164 valence electrons. The molecule has 0 radical (unpaired) electrons. The van der Waals surface area contributed by atoms with E-state index in [1.807, 2.05) is 0 Å². The second-order valence-electron chi connectivity index (χ2n) is 9.73. The van der Waals surface area contributed by atoms with Gasteiger partial charge >= 0.3 is 5.96 Å². The number of hydrogen-bond donors (Lipinski definition) is 2. The van der Waals surface area contributed by atoms with Crippen molar-refractivity contribution in [2.24, 2.45) is 0 Å². The van der Waals surface area contributed by atoms with Crippen LogP contribution in [0.2, 0.25) is 0 Å². The van der Waals surface area contributed by atoms with Crippen molar-refractivity contribution in [2.75, 3.05) is 24.7 Å². The number of hydrogen-bond acceptors (Lipinski definition) is 0. The molecule has 0 aliphatic rings. The Hall–Kier alpha value is -2.29. The largest absolute Gasteiger partial charge is 0.355 e. The summed E-state index contributed by atoms with van der Waals surface area (Å²) in [6.45, 7) is 18.1. The first-order chi connectivity index (χ1) is 14.0. The van der Waals surface area contributed by atoms with Gasteiger partial charge in [-0.15, -0.1) is 0 Å². The first kappa shape index (κ1) is 24.0. The molecular formula is C27H42N3+. The molecule has 0 atom stereocenters. The molecule has 0 fully saturated rings. The summed E-state index contributed by atoms with van der Waals surface area (Å²) in [6, 6.07) is 13.3. The van der Waals surface area contributed by atoms with Crippen LogP contribution >= 0.6 is 0 Å². The van der Waals surface area contributed by atoms with Gasteiger partial charge in [0.05, 0.1) is 14.1 Å². The van der Waals surface area contributed by atoms with E-state index in [-0.39, 0.29) is 0 Å². The average Bonchev–Trinajstić information content (AvgIpc) is 2.66. The minimum Gasteiger partial charge on any atom is -0.270 e. The van der Waals surface area contributed by atoms with Crippen LogP contribution in [-0.4, -0.2) is 24.6 Å². The van der Waals surface area contributed by atoms with Gasteiger partial charge in [-0.25, -0.2) is 10.6 Å². The topological polar surface area (TPSA) is 27.1 Å². The highest BCUT2D eigenvalue weighted by Gasteiger charge is 2.23. The Morgan fingerprint density at radius 2 is 0.833 bits per heavy atom. The summed E-state index contributed by atoms with van der Waals surface area (Å²) in [4.78, 5) is 0. The zero-order valence-corrected chi connectivity index (χ0v) is 20.7. The van der Waals surface area contributed by atoms with Gasteiger partial charge in [0, 0.05) is 0 Å². The SMILES string of the molecule is CC(C)c1cccc(C(C)C)c1NC(Nc1c(C(C)C)cccc1C(C)C)=[N+](C)C. The lowest BCUT2D eigenvalue weighted by Gasteiger charge is -2.22. The normalized spacial score (nSPS) is 11.5. The summed E-state index contributed by atoms with van der Waals surface area (Å²) in [5, 5.41) is 7.58. The van der Waals surface area contributed by atoms with Gasteiger partial charge in [0.15, 0.2) is 0 Å². The lowest BCUT2D eigenvalue weighted by molar-refractivity contribution is -0.464. The fourth-order valence-corrected chi connectivity index (χ4v) is 3.88. The van der Waals surface area contributed by atoms with Crippen molar-refractivity contribution in [3.05, 3.63) is 58.7 Å². The second-order valence-corrected chi connectivity index (χ2v) is 9.73. The van der Waals surface area contributed by atoms with E-state index in [4.69, 9.17) is 0 Å². The molecule has 0 unspecified atom stereocenters. The first-order valence-corrected chi connectivity index (χ1v) is 11.4. The van der Waals surface area contributed by atoms with Crippen molar-refractivity contribution in [1.29, 1.82) is 0 Å². The van der Waals surface area contributed by atoms with Gasteiger partial charge in [0.1, 0.15) is 11.4 Å². The Kier molecular flexibility index (Phi) is 8.11. The maximum absolute atomic E-state index is 3.79. The van der Waals surface area contributed by atoms with Crippen molar-refractivity contribution >= 4 is 17.3 Å². The fraction of sp³-hybridized carbons (Fsp3) is 0.519. The molecule has 2 aromatic carbocycles. The Bertz CT molecular complexity index is 765. The lowest BCUT2D eigenvalue weighted by Crippen LogP contribution is -2.32. The van der Waals surface area contributed by atoms with Gasteiger partial charge in [-0.3, -0.25) is 4.58 Å². The van der Waals surface area contributed by atoms with E-state index < -0.39 is 0 Å². The molecule has 0 aromatic heterocycles. The van der Waals surface area contributed by atoms with Crippen LogP contribution in [0.1, 0.15) is 101 Å².